The molecule has 0 radical (unpaired) electrons. The molecule has 0 saturated heterocycles. The molecule has 0 aromatic carbocycles. The van der Waals surface area contributed by atoms with Gasteiger partial charge >= 0.3 is 0 Å². The minimum Gasteiger partial charge on any atom is -0.350 e. The molecule has 0 aliphatic heterocycles. The third kappa shape index (κ3) is 3.60. The Bertz CT molecular complexity index is 324. The number of carbonyl (C=O) groups is 1. The summed E-state index contributed by atoms with van der Waals surface area (Å²) in [5, 5.41) is 5.89. The van der Waals surface area contributed by atoms with Gasteiger partial charge in [0.15, 0.2) is 0 Å². The highest BCUT2D eigenvalue weighted by Gasteiger charge is 2.10. The smallest absolute Gasteiger partial charge is 0.224 e. The molecule has 84 valence electrons. The molecule has 3 N–H and O–H groups in total. The molecule has 1 aromatic heterocycles. The molecule has 4 nitrogen and oxygen atoms in total. The van der Waals surface area contributed by atoms with Crippen molar-refractivity contribution >= 4 is 17.2 Å². The normalized spacial score (nSPS) is 12.5. The fourth-order valence-electron chi connectivity index (χ4n) is 1.05. The summed E-state index contributed by atoms with van der Waals surface area (Å²) in [5.41, 5.74) is 6.32. The maximum atomic E-state index is 11.4. The minimum absolute atomic E-state index is 0.0106. The number of thiazole rings is 1. The van der Waals surface area contributed by atoms with Crippen LogP contribution < -0.4 is 11.1 Å². The topological polar surface area (TPSA) is 68.0 Å². The predicted molar refractivity (Wildman–Crippen MR) is 61.6 cm³/mol. The average Bonchev–Trinajstić information content (AvgIpc) is 2.72. The van der Waals surface area contributed by atoms with Crippen LogP contribution in [0, 0.1) is 5.92 Å². The third-order valence-electron chi connectivity index (χ3n) is 2.15. The number of rotatable bonds is 5. The van der Waals surface area contributed by atoms with Crippen molar-refractivity contribution in [2.75, 3.05) is 6.54 Å². The van der Waals surface area contributed by atoms with Gasteiger partial charge in [0.2, 0.25) is 5.91 Å². The molecule has 0 fully saturated rings. The van der Waals surface area contributed by atoms with Crippen LogP contribution in [0.4, 0.5) is 0 Å². The molecule has 0 bridgehead atoms. The molecule has 0 aliphatic carbocycles. The highest BCUT2D eigenvalue weighted by molar-refractivity contribution is 7.09. The van der Waals surface area contributed by atoms with Gasteiger partial charge in [-0.05, 0) is 6.42 Å². The van der Waals surface area contributed by atoms with Gasteiger partial charge in [0, 0.05) is 17.8 Å². The van der Waals surface area contributed by atoms with Gasteiger partial charge in [-0.25, -0.2) is 4.98 Å². The van der Waals surface area contributed by atoms with Gasteiger partial charge in [-0.15, -0.1) is 11.3 Å². The SMILES string of the molecule is CCc1nc(CNC(=O)C(C)CN)cs1. The summed E-state index contributed by atoms with van der Waals surface area (Å²) in [7, 11) is 0. The molecule has 5 heteroatoms. The van der Waals surface area contributed by atoms with Crippen LogP contribution >= 0.6 is 11.3 Å². The molecular formula is C10H17N3OS. The zero-order valence-electron chi connectivity index (χ0n) is 9.12. The fraction of sp³-hybridized carbons (Fsp3) is 0.600. The number of nitrogens with one attached hydrogen (secondary N) is 1. The summed E-state index contributed by atoms with van der Waals surface area (Å²) in [6.45, 7) is 4.76. The van der Waals surface area contributed by atoms with Gasteiger partial charge in [-0.3, -0.25) is 4.79 Å². The Hall–Kier alpha value is -0.940. The van der Waals surface area contributed by atoms with Crippen LogP contribution in [0.2, 0.25) is 0 Å². The van der Waals surface area contributed by atoms with E-state index in [1.54, 1.807) is 11.3 Å². The first kappa shape index (κ1) is 12.1. The van der Waals surface area contributed by atoms with E-state index in [0.717, 1.165) is 17.1 Å². The van der Waals surface area contributed by atoms with Crippen LogP contribution in [0.1, 0.15) is 24.5 Å². The van der Waals surface area contributed by atoms with Crippen LogP contribution in [0.3, 0.4) is 0 Å². The lowest BCUT2D eigenvalue weighted by Crippen LogP contribution is -2.32. The second kappa shape index (κ2) is 5.82. The first-order valence-corrected chi connectivity index (χ1v) is 5.96. The van der Waals surface area contributed by atoms with Crippen LogP contribution in [-0.2, 0) is 17.8 Å². The molecule has 1 aromatic rings. The van der Waals surface area contributed by atoms with Crippen LogP contribution in [-0.4, -0.2) is 17.4 Å². The lowest BCUT2D eigenvalue weighted by molar-refractivity contribution is -0.124. The van der Waals surface area contributed by atoms with E-state index in [4.69, 9.17) is 5.73 Å². The van der Waals surface area contributed by atoms with Crippen molar-refractivity contribution in [3.63, 3.8) is 0 Å². The molecule has 1 atom stereocenters. The number of aryl methyl sites for hydroxylation is 1. The largest absolute Gasteiger partial charge is 0.350 e. The molecule has 1 heterocycles. The summed E-state index contributed by atoms with van der Waals surface area (Å²) in [6, 6.07) is 0. The second-order valence-corrected chi connectivity index (χ2v) is 4.38. The Kier molecular flexibility index (Phi) is 4.71. The predicted octanol–water partition coefficient (Wildman–Crippen LogP) is 0.917. The summed E-state index contributed by atoms with van der Waals surface area (Å²) < 4.78 is 0. The number of amides is 1. The Morgan fingerprint density at radius 2 is 2.47 bits per heavy atom. The first-order valence-electron chi connectivity index (χ1n) is 5.08. The number of nitrogens with zero attached hydrogens (tertiary/aromatic N) is 1. The van der Waals surface area contributed by atoms with Crippen LogP contribution in [0.5, 0.6) is 0 Å². The Labute approximate surface area is 93.9 Å². The molecule has 1 unspecified atom stereocenters. The number of aromatic nitrogens is 1. The van der Waals surface area contributed by atoms with Gasteiger partial charge in [0.1, 0.15) is 0 Å². The zero-order chi connectivity index (χ0) is 11.3. The molecule has 0 saturated carbocycles. The summed E-state index contributed by atoms with van der Waals surface area (Å²) in [6.07, 6.45) is 0.942. The quantitative estimate of drug-likeness (QED) is 0.786. The van der Waals surface area contributed by atoms with Crippen LogP contribution in [0.25, 0.3) is 0 Å². The Morgan fingerprint density at radius 3 is 3.00 bits per heavy atom. The fourth-order valence-corrected chi connectivity index (χ4v) is 1.80. The molecule has 1 rings (SSSR count). The third-order valence-corrected chi connectivity index (χ3v) is 3.19. The molecule has 1 amide bonds. The summed E-state index contributed by atoms with van der Waals surface area (Å²) in [5.74, 6) is -0.141. The lowest BCUT2D eigenvalue weighted by atomic mass is 10.2. The Balaban J connectivity index is 2.40. The van der Waals surface area contributed by atoms with Crippen molar-refractivity contribution in [2.45, 2.75) is 26.8 Å². The Morgan fingerprint density at radius 1 is 1.73 bits per heavy atom. The first-order chi connectivity index (χ1) is 7.17. The van der Waals surface area contributed by atoms with E-state index < -0.39 is 0 Å². The maximum absolute atomic E-state index is 11.4. The van der Waals surface area contributed by atoms with E-state index in [9.17, 15) is 4.79 Å². The van der Waals surface area contributed by atoms with E-state index in [0.29, 0.717) is 13.1 Å². The van der Waals surface area contributed by atoms with E-state index in [2.05, 4.69) is 17.2 Å². The van der Waals surface area contributed by atoms with E-state index in [1.807, 2.05) is 12.3 Å². The second-order valence-electron chi connectivity index (χ2n) is 3.44. The minimum atomic E-state index is -0.130. The van der Waals surface area contributed by atoms with Crippen molar-refractivity contribution in [1.29, 1.82) is 0 Å². The maximum Gasteiger partial charge on any atom is 0.224 e. The van der Waals surface area contributed by atoms with E-state index in [-0.39, 0.29) is 11.8 Å². The number of hydrogen-bond acceptors (Lipinski definition) is 4. The number of nitrogens with two attached hydrogens (primary N) is 1. The van der Waals surface area contributed by atoms with E-state index >= 15 is 0 Å². The van der Waals surface area contributed by atoms with Crippen molar-refractivity contribution in [1.82, 2.24) is 10.3 Å². The highest BCUT2D eigenvalue weighted by atomic mass is 32.1. The van der Waals surface area contributed by atoms with E-state index in [1.165, 1.54) is 0 Å². The molecule has 15 heavy (non-hydrogen) atoms. The molecular weight excluding hydrogens is 210 g/mol. The van der Waals surface area contributed by atoms with Gasteiger partial charge in [0.05, 0.1) is 17.2 Å². The highest BCUT2D eigenvalue weighted by Crippen LogP contribution is 2.09. The average molecular weight is 227 g/mol. The van der Waals surface area contributed by atoms with Crippen LogP contribution in [0.15, 0.2) is 5.38 Å². The zero-order valence-corrected chi connectivity index (χ0v) is 9.93. The monoisotopic (exact) mass is 227 g/mol. The lowest BCUT2D eigenvalue weighted by Gasteiger charge is -2.08. The number of hydrogen-bond donors (Lipinski definition) is 2. The standard InChI is InChI=1S/C10H17N3OS/c1-3-9-13-8(6-15-9)5-12-10(14)7(2)4-11/h6-7H,3-5,11H2,1-2H3,(H,12,14). The van der Waals surface area contributed by atoms with Crippen molar-refractivity contribution in [2.24, 2.45) is 11.7 Å². The molecule has 0 aliphatic rings. The van der Waals surface area contributed by atoms with Gasteiger partial charge in [0.25, 0.3) is 0 Å². The summed E-state index contributed by atoms with van der Waals surface area (Å²) in [4.78, 5) is 15.8. The summed E-state index contributed by atoms with van der Waals surface area (Å²) >= 11 is 1.63. The van der Waals surface area contributed by atoms with Crippen molar-refractivity contribution in [3.8, 4) is 0 Å². The van der Waals surface area contributed by atoms with Gasteiger partial charge in [-0.2, -0.15) is 0 Å². The van der Waals surface area contributed by atoms with Gasteiger partial charge in [-0.1, -0.05) is 13.8 Å². The van der Waals surface area contributed by atoms with Crippen molar-refractivity contribution < 1.29 is 4.79 Å². The number of carbonyl (C=O) groups excluding carboxylic acids is 1. The van der Waals surface area contributed by atoms with Gasteiger partial charge < -0.3 is 11.1 Å². The van der Waals surface area contributed by atoms with Crippen molar-refractivity contribution in [3.05, 3.63) is 16.1 Å². The molecule has 0 spiro atoms.